The van der Waals surface area contributed by atoms with Gasteiger partial charge >= 0.3 is 0 Å². The van der Waals surface area contributed by atoms with E-state index in [0.717, 1.165) is 21.3 Å². The van der Waals surface area contributed by atoms with E-state index in [1.54, 1.807) is 0 Å². The lowest BCUT2D eigenvalue weighted by molar-refractivity contribution is -0.105. The maximum atomic E-state index is 10.3. The van der Waals surface area contributed by atoms with E-state index >= 15 is 0 Å². The van der Waals surface area contributed by atoms with Gasteiger partial charge in [-0.2, -0.15) is 0 Å². The number of carbonyl (C=O) groups excluding carboxylic acids is 1. The van der Waals surface area contributed by atoms with Crippen LogP contribution in [0, 0.1) is 6.92 Å². The van der Waals surface area contributed by atoms with Crippen molar-refractivity contribution in [2.24, 2.45) is 0 Å². The van der Waals surface area contributed by atoms with E-state index in [-0.39, 0.29) is 0 Å². The van der Waals surface area contributed by atoms with E-state index in [2.05, 4.69) is 15.5 Å². The van der Waals surface area contributed by atoms with Crippen molar-refractivity contribution in [1.82, 2.24) is 10.2 Å². The minimum atomic E-state index is 0.657. The molecule has 2 aromatic rings. The first-order chi connectivity index (χ1) is 7.29. The van der Waals surface area contributed by atoms with Gasteiger partial charge in [0, 0.05) is 11.3 Å². The van der Waals surface area contributed by atoms with Crippen LogP contribution in [0.5, 0.6) is 0 Å². The second-order valence-electron chi connectivity index (χ2n) is 2.97. The van der Waals surface area contributed by atoms with Gasteiger partial charge in [0.05, 0.1) is 0 Å². The van der Waals surface area contributed by atoms with E-state index in [1.807, 2.05) is 31.2 Å². The molecule has 0 bridgehead atoms. The van der Waals surface area contributed by atoms with Crippen LogP contribution in [0.15, 0.2) is 24.3 Å². The number of rotatable bonds is 3. The fraction of sp³-hybridized carbons (Fsp3) is 0.100. The molecule has 0 atom stereocenters. The van der Waals surface area contributed by atoms with E-state index in [4.69, 9.17) is 0 Å². The van der Waals surface area contributed by atoms with Gasteiger partial charge < -0.3 is 5.32 Å². The third-order valence-electron chi connectivity index (χ3n) is 1.86. The first kappa shape index (κ1) is 9.79. The summed E-state index contributed by atoms with van der Waals surface area (Å²) in [6, 6.07) is 7.51. The van der Waals surface area contributed by atoms with Crippen molar-refractivity contribution >= 4 is 23.4 Å². The predicted molar refractivity (Wildman–Crippen MR) is 59.8 cm³/mol. The summed E-state index contributed by atoms with van der Waals surface area (Å²) < 4.78 is 0. The molecule has 0 saturated heterocycles. The van der Waals surface area contributed by atoms with E-state index in [1.165, 1.54) is 11.3 Å². The highest BCUT2D eigenvalue weighted by Crippen LogP contribution is 2.25. The van der Waals surface area contributed by atoms with Crippen LogP contribution in [0.4, 0.5) is 5.69 Å². The molecule has 2 rings (SSSR count). The molecule has 1 heterocycles. The summed E-state index contributed by atoms with van der Waals surface area (Å²) in [4.78, 5) is 10.3. The predicted octanol–water partition coefficient (Wildman–Crippen LogP) is 2.08. The molecule has 0 radical (unpaired) electrons. The maximum absolute atomic E-state index is 10.3. The number of nitrogens with one attached hydrogen (secondary N) is 1. The molecule has 76 valence electrons. The number of hydrogen-bond acceptors (Lipinski definition) is 4. The molecule has 1 aromatic heterocycles. The Balaban J connectivity index is 2.36. The van der Waals surface area contributed by atoms with Crippen molar-refractivity contribution in [3.8, 4) is 10.6 Å². The highest BCUT2D eigenvalue weighted by atomic mass is 32.1. The Kier molecular flexibility index (Phi) is 2.73. The van der Waals surface area contributed by atoms with E-state index in [0.29, 0.717) is 6.41 Å². The van der Waals surface area contributed by atoms with Crippen LogP contribution in [0.1, 0.15) is 5.01 Å². The Labute approximate surface area is 91.0 Å². The number of benzene rings is 1. The van der Waals surface area contributed by atoms with Gasteiger partial charge in [-0.3, -0.25) is 4.79 Å². The maximum Gasteiger partial charge on any atom is 0.211 e. The summed E-state index contributed by atoms with van der Waals surface area (Å²) in [5.41, 5.74) is 1.72. The van der Waals surface area contributed by atoms with Gasteiger partial charge in [0.15, 0.2) is 0 Å². The monoisotopic (exact) mass is 219 g/mol. The molecule has 4 nitrogen and oxygen atoms in total. The fourth-order valence-electron chi connectivity index (χ4n) is 1.22. The lowest BCUT2D eigenvalue weighted by Gasteiger charge is -1.99. The summed E-state index contributed by atoms with van der Waals surface area (Å²) in [7, 11) is 0. The molecule has 15 heavy (non-hydrogen) atoms. The highest BCUT2D eigenvalue weighted by molar-refractivity contribution is 7.14. The minimum Gasteiger partial charge on any atom is -0.329 e. The van der Waals surface area contributed by atoms with Gasteiger partial charge in [0.25, 0.3) is 0 Å². The number of anilines is 1. The van der Waals surface area contributed by atoms with Gasteiger partial charge in [-0.1, -0.05) is 23.5 Å². The Morgan fingerprint density at radius 3 is 2.93 bits per heavy atom. The number of aromatic nitrogens is 2. The molecule has 5 heteroatoms. The van der Waals surface area contributed by atoms with Gasteiger partial charge in [-0.15, -0.1) is 10.2 Å². The van der Waals surface area contributed by atoms with Crippen LogP contribution in [0.2, 0.25) is 0 Å². The third kappa shape index (κ3) is 2.19. The van der Waals surface area contributed by atoms with E-state index < -0.39 is 0 Å². The quantitative estimate of drug-likeness (QED) is 0.804. The lowest BCUT2D eigenvalue weighted by Crippen LogP contribution is -1.93. The van der Waals surface area contributed by atoms with Crippen LogP contribution < -0.4 is 5.32 Å². The number of aryl methyl sites for hydroxylation is 1. The molecule has 0 aliphatic carbocycles. The first-order valence-electron chi connectivity index (χ1n) is 4.40. The molecule has 0 unspecified atom stereocenters. The standard InChI is InChI=1S/C10H9N3OS/c1-7-12-13-10(15-7)8-3-2-4-9(5-8)11-6-14/h2-6H,1H3,(H,11,14). The summed E-state index contributed by atoms with van der Waals surface area (Å²) in [5.74, 6) is 0. The second-order valence-corrected chi connectivity index (χ2v) is 4.15. The zero-order valence-electron chi connectivity index (χ0n) is 8.10. The van der Waals surface area contributed by atoms with Crippen molar-refractivity contribution in [1.29, 1.82) is 0 Å². The molecule has 1 N–H and O–H groups in total. The Hall–Kier alpha value is -1.75. The van der Waals surface area contributed by atoms with Crippen LogP contribution in [-0.4, -0.2) is 16.6 Å². The van der Waals surface area contributed by atoms with Crippen molar-refractivity contribution in [2.45, 2.75) is 6.92 Å². The smallest absolute Gasteiger partial charge is 0.211 e. The normalized spacial score (nSPS) is 9.93. The van der Waals surface area contributed by atoms with E-state index in [9.17, 15) is 4.79 Å². The summed E-state index contributed by atoms with van der Waals surface area (Å²) in [6.07, 6.45) is 0.657. The van der Waals surface area contributed by atoms with Crippen LogP contribution in [0.3, 0.4) is 0 Å². The number of amides is 1. The first-order valence-corrected chi connectivity index (χ1v) is 5.22. The van der Waals surface area contributed by atoms with Crippen molar-refractivity contribution in [3.05, 3.63) is 29.3 Å². The topological polar surface area (TPSA) is 54.9 Å². The molecule has 0 spiro atoms. The fourth-order valence-corrected chi connectivity index (χ4v) is 1.91. The molecule has 1 amide bonds. The zero-order chi connectivity index (χ0) is 10.7. The highest BCUT2D eigenvalue weighted by Gasteiger charge is 2.04. The summed E-state index contributed by atoms with van der Waals surface area (Å²) in [6.45, 7) is 1.91. The zero-order valence-corrected chi connectivity index (χ0v) is 8.91. The SMILES string of the molecule is Cc1nnc(-c2cccc(NC=O)c2)s1. The number of hydrogen-bond donors (Lipinski definition) is 1. The van der Waals surface area contributed by atoms with Gasteiger partial charge in [-0.05, 0) is 19.1 Å². The van der Waals surface area contributed by atoms with Gasteiger partial charge in [0.2, 0.25) is 6.41 Å². The Morgan fingerprint density at radius 2 is 2.27 bits per heavy atom. The number of carbonyl (C=O) groups is 1. The Bertz CT molecular complexity index is 481. The summed E-state index contributed by atoms with van der Waals surface area (Å²) >= 11 is 1.53. The van der Waals surface area contributed by atoms with Crippen molar-refractivity contribution in [3.63, 3.8) is 0 Å². The number of nitrogens with zero attached hydrogens (tertiary/aromatic N) is 2. The lowest BCUT2D eigenvalue weighted by atomic mass is 10.2. The van der Waals surface area contributed by atoms with Crippen LogP contribution in [-0.2, 0) is 4.79 Å². The molecule has 0 aliphatic heterocycles. The van der Waals surface area contributed by atoms with Crippen LogP contribution in [0.25, 0.3) is 10.6 Å². The molecule has 0 aliphatic rings. The van der Waals surface area contributed by atoms with Crippen molar-refractivity contribution < 1.29 is 4.79 Å². The van der Waals surface area contributed by atoms with Gasteiger partial charge in [0.1, 0.15) is 10.0 Å². The largest absolute Gasteiger partial charge is 0.329 e. The third-order valence-corrected chi connectivity index (χ3v) is 2.75. The summed E-state index contributed by atoms with van der Waals surface area (Å²) in [5, 5.41) is 12.4. The molecule has 0 saturated carbocycles. The van der Waals surface area contributed by atoms with Gasteiger partial charge in [-0.25, -0.2) is 0 Å². The average molecular weight is 219 g/mol. The minimum absolute atomic E-state index is 0.657. The second kappa shape index (κ2) is 4.18. The molecule has 0 fully saturated rings. The molecular weight excluding hydrogens is 210 g/mol. The Morgan fingerprint density at radius 1 is 1.40 bits per heavy atom. The van der Waals surface area contributed by atoms with Crippen molar-refractivity contribution in [2.75, 3.05) is 5.32 Å². The van der Waals surface area contributed by atoms with Crippen LogP contribution >= 0.6 is 11.3 Å². The molecular formula is C10H9N3OS. The average Bonchev–Trinajstić information content (AvgIpc) is 2.66. The molecule has 1 aromatic carbocycles.